The van der Waals surface area contributed by atoms with Crippen LogP contribution in [-0.4, -0.2) is 5.91 Å². The number of carbonyl (C=O) groups excluding carboxylic acids is 1. The van der Waals surface area contributed by atoms with Gasteiger partial charge in [0.1, 0.15) is 0 Å². The van der Waals surface area contributed by atoms with Crippen molar-refractivity contribution < 1.29 is 4.79 Å². The van der Waals surface area contributed by atoms with Gasteiger partial charge in [-0.2, -0.15) is 0 Å². The Balaban J connectivity index is 2.51. The zero-order valence-electron chi connectivity index (χ0n) is 8.34. The Kier molecular flexibility index (Phi) is 2.64. The maximum atomic E-state index is 11.1. The van der Waals surface area contributed by atoms with Crippen LogP contribution in [0.3, 0.4) is 0 Å². The lowest BCUT2D eigenvalue weighted by Crippen LogP contribution is -2.16. The highest BCUT2D eigenvalue weighted by Crippen LogP contribution is 2.23. The number of benzene rings is 2. The van der Waals surface area contributed by atoms with Crippen LogP contribution in [0.25, 0.3) is 10.8 Å². The Morgan fingerprint density at radius 2 is 1.80 bits per heavy atom. The van der Waals surface area contributed by atoms with E-state index in [1.165, 1.54) is 11.2 Å². The Morgan fingerprint density at radius 3 is 2.47 bits per heavy atom. The molecule has 0 saturated heterocycles. The predicted octanol–water partition coefficient (Wildman–Crippen LogP) is 3.04. The molecule has 76 valence electrons. The minimum atomic E-state index is -0.0892. The average Bonchev–Trinajstić information content (AvgIpc) is 2.27. The molecule has 0 heterocycles. The molecule has 15 heavy (non-hydrogen) atoms. The van der Waals surface area contributed by atoms with E-state index in [0.29, 0.717) is 0 Å². The fraction of sp³-hybridized carbons (Fsp3) is 0.0833. The standard InChI is InChI=1S/C12H11NOS/c1-9(14)13(15)12-7-6-10-4-2-3-5-11(10)8-12/h2-8,15H,1H3. The molecule has 0 unspecified atom stereocenters. The molecule has 0 fully saturated rings. The molecule has 0 aliphatic heterocycles. The third kappa shape index (κ3) is 1.97. The lowest BCUT2D eigenvalue weighted by molar-refractivity contribution is -0.115. The normalized spacial score (nSPS) is 10.3. The van der Waals surface area contributed by atoms with Gasteiger partial charge in [-0.1, -0.05) is 43.1 Å². The Labute approximate surface area is 94.1 Å². The van der Waals surface area contributed by atoms with Gasteiger partial charge >= 0.3 is 0 Å². The van der Waals surface area contributed by atoms with Crippen LogP contribution in [0.5, 0.6) is 0 Å². The molecule has 0 saturated carbocycles. The Morgan fingerprint density at radius 1 is 1.13 bits per heavy atom. The summed E-state index contributed by atoms with van der Waals surface area (Å²) in [5, 5.41) is 2.27. The summed E-state index contributed by atoms with van der Waals surface area (Å²) in [6.07, 6.45) is 0. The summed E-state index contributed by atoms with van der Waals surface area (Å²) in [6, 6.07) is 13.8. The van der Waals surface area contributed by atoms with E-state index in [9.17, 15) is 4.79 Å². The molecule has 0 spiro atoms. The van der Waals surface area contributed by atoms with Crippen LogP contribution in [0.1, 0.15) is 6.92 Å². The molecular weight excluding hydrogens is 206 g/mol. The van der Waals surface area contributed by atoms with Gasteiger partial charge in [0, 0.05) is 6.92 Å². The lowest BCUT2D eigenvalue weighted by atomic mass is 10.1. The van der Waals surface area contributed by atoms with Crippen molar-refractivity contribution >= 4 is 35.2 Å². The van der Waals surface area contributed by atoms with E-state index in [1.54, 1.807) is 0 Å². The van der Waals surface area contributed by atoms with Crippen LogP contribution in [0, 0.1) is 0 Å². The molecule has 0 aliphatic carbocycles. The molecule has 0 N–H and O–H groups in total. The summed E-state index contributed by atoms with van der Waals surface area (Å²) < 4.78 is 1.34. The van der Waals surface area contributed by atoms with Gasteiger partial charge < -0.3 is 0 Å². The van der Waals surface area contributed by atoms with E-state index in [0.717, 1.165) is 16.5 Å². The van der Waals surface area contributed by atoms with E-state index in [-0.39, 0.29) is 5.91 Å². The molecule has 0 aliphatic rings. The van der Waals surface area contributed by atoms with E-state index in [2.05, 4.69) is 12.8 Å². The quantitative estimate of drug-likeness (QED) is 0.728. The number of carbonyl (C=O) groups is 1. The minimum Gasteiger partial charge on any atom is -0.274 e. The van der Waals surface area contributed by atoms with Crippen LogP contribution in [0.4, 0.5) is 5.69 Å². The number of hydrogen-bond donors (Lipinski definition) is 1. The Bertz CT molecular complexity index is 510. The van der Waals surface area contributed by atoms with Crippen molar-refractivity contribution in [2.75, 3.05) is 4.31 Å². The van der Waals surface area contributed by atoms with Crippen molar-refractivity contribution in [2.45, 2.75) is 6.92 Å². The summed E-state index contributed by atoms with van der Waals surface area (Å²) in [5.41, 5.74) is 0.796. The second-order valence-corrected chi connectivity index (χ2v) is 3.76. The fourth-order valence-corrected chi connectivity index (χ4v) is 1.61. The molecule has 0 bridgehead atoms. The zero-order chi connectivity index (χ0) is 10.8. The zero-order valence-corrected chi connectivity index (χ0v) is 9.24. The number of anilines is 1. The first-order valence-corrected chi connectivity index (χ1v) is 5.07. The number of thiol groups is 1. The lowest BCUT2D eigenvalue weighted by Gasteiger charge is -2.13. The molecule has 0 radical (unpaired) electrons. The molecule has 1 amide bonds. The largest absolute Gasteiger partial charge is 0.274 e. The summed E-state index contributed by atoms with van der Waals surface area (Å²) in [5.74, 6) is -0.0892. The van der Waals surface area contributed by atoms with Crippen molar-refractivity contribution in [1.29, 1.82) is 0 Å². The SMILES string of the molecule is CC(=O)N(S)c1ccc2ccccc2c1. The number of fused-ring (bicyclic) bond motifs is 1. The van der Waals surface area contributed by atoms with Crippen molar-refractivity contribution in [2.24, 2.45) is 0 Å². The maximum Gasteiger partial charge on any atom is 0.233 e. The van der Waals surface area contributed by atoms with Gasteiger partial charge in [-0.05, 0) is 22.9 Å². The van der Waals surface area contributed by atoms with Gasteiger partial charge in [-0.15, -0.1) is 0 Å². The number of hydrogen-bond acceptors (Lipinski definition) is 2. The van der Waals surface area contributed by atoms with Gasteiger partial charge in [-0.25, -0.2) is 0 Å². The summed E-state index contributed by atoms with van der Waals surface area (Å²) in [4.78, 5) is 11.1. The Hall–Kier alpha value is -1.48. The average molecular weight is 217 g/mol. The highest BCUT2D eigenvalue weighted by molar-refractivity contribution is 7.82. The molecular formula is C12H11NOS. The third-order valence-electron chi connectivity index (χ3n) is 2.28. The van der Waals surface area contributed by atoms with Crippen LogP contribution >= 0.6 is 12.8 Å². The molecule has 2 aromatic rings. The maximum absolute atomic E-state index is 11.1. The van der Waals surface area contributed by atoms with Crippen molar-refractivity contribution in [3.63, 3.8) is 0 Å². The van der Waals surface area contributed by atoms with E-state index >= 15 is 0 Å². The molecule has 2 aromatic carbocycles. The van der Waals surface area contributed by atoms with E-state index < -0.39 is 0 Å². The summed E-state index contributed by atoms with van der Waals surface area (Å²) >= 11 is 4.12. The minimum absolute atomic E-state index is 0.0892. The van der Waals surface area contributed by atoms with E-state index in [4.69, 9.17) is 0 Å². The number of nitrogens with zero attached hydrogens (tertiary/aromatic N) is 1. The second-order valence-electron chi connectivity index (χ2n) is 3.36. The molecule has 3 heteroatoms. The molecule has 2 rings (SSSR count). The van der Waals surface area contributed by atoms with Crippen LogP contribution in [0.15, 0.2) is 42.5 Å². The monoisotopic (exact) mass is 217 g/mol. The smallest absolute Gasteiger partial charge is 0.233 e. The first-order chi connectivity index (χ1) is 7.18. The fourth-order valence-electron chi connectivity index (χ4n) is 1.49. The first-order valence-electron chi connectivity index (χ1n) is 4.67. The number of amides is 1. The highest BCUT2D eigenvalue weighted by Gasteiger charge is 2.06. The van der Waals surface area contributed by atoms with Crippen molar-refractivity contribution in [3.8, 4) is 0 Å². The summed E-state index contributed by atoms with van der Waals surface area (Å²) in [7, 11) is 0. The number of rotatable bonds is 1. The molecule has 2 nitrogen and oxygen atoms in total. The van der Waals surface area contributed by atoms with Crippen LogP contribution < -0.4 is 4.31 Å². The second kappa shape index (κ2) is 3.95. The van der Waals surface area contributed by atoms with Gasteiger partial charge in [0.15, 0.2) is 0 Å². The summed E-state index contributed by atoms with van der Waals surface area (Å²) in [6.45, 7) is 1.49. The van der Waals surface area contributed by atoms with Crippen LogP contribution in [0.2, 0.25) is 0 Å². The van der Waals surface area contributed by atoms with Gasteiger partial charge in [0.05, 0.1) is 5.69 Å². The topological polar surface area (TPSA) is 20.3 Å². The van der Waals surface area contributed by atoms with Gasteiger partial charge in [0.25, 0.3) is 0 Å². The molecule has 0 atom stereocenters. The van der Waals surface area contributed by atoms with Gasteiger partial charge in [0.2, 0.25) is 5.91 Å². The van der Waals surface area contributed by atoms with Gasteiger partial charge in [-0.3, -0.25) is 9.10 Å². The predicted molar refractivity (Wildman–Crippen MR) is 66.1 cm³/mol. The molecule has 0 aromatic heterocycles. The third-order valence-corrected chi connectivity index (χ3v) is 2.79. The van der Waals surface area contributed by atoms with Crippen molar-refractivity contribution in [1.82, 2.24) is 0 Å². The first kappa shape index (κ1) is 10.1. The van der Waals surface area contributed by atoms with E-state index in [1.807, 2.05) is 42.5 Å². The van der Waals surface area contributed by atoms with Crippen LogP contribution in [-0.2, 0) is 4.79 Å². The highest BCUT2D eigenvalue weighted by atomic mass is 32.1. The van der Waals surface area contributed by atoms with Crippen molar-refractivity contribution in [3.05, 3.63) is 42.5 Å².